The topological polar surface area (TPSA) is 50.9 Å². The number of fused-ring (bicyclic) bond motifs is 1. The van der Waals surface area contributed by atoms with Crippen LogP contribution in [0.25, 0.3) is 10.9 Å². The number of benzene rings is 1. The Bertz CT molecular complexity index is 465. The molecule has 0 aliphatic rings. The molecule has 0 spiro atoms. The van der Waals surface area contributed by atoms with Crippen LogP contribution >= 0.6 is 0 Å². The van der Waals surface area contributed by atoms with Crippen molar-refractivity contribution in [2.45, 2.75) is 6.42 Å². The van der Waals surface area contributed by atoms with E-state index in [9.17, 15) is 0 Å². The largest absolute Gasteiger partial charge is 0.396 e. The zero-order valence-corrected chi connectivity index (χ0v) is 8.53. The molecule has 0 saturated heterocycles. The number of anilines is 2. The van der Waals surface area contributed by atoms with Gasteiger partial charge < -0.3 is 11.1 Å². The van der Waals surface area contributed by atoms with Crippen molar-refractivity contribution < 1.29 is 0 Å². The van der Waals surface area contributed by atoms with E-state index >= 15 is 0 Å². The van der Waals surface area contributed by atoms with Gasteiger partial charge in [0.1, 0.15) is 0 Å². The highest BCUT2D eigenvalue weighted by molar-refractivity contribution is 5.96. The number of rotatable bonds is 3. The summed E-state index contributed by atoms with van der Waals surface area (Å²) in [5.41, 5.74) is 8.48. The number of nitrogen functional groups attached to an aromatic ring is 1. The van der Waals surface area contributed by atoms with Crippen molar-refractivity contribution in [1.29, 1.82) is 0 Å². The Labute approximate surface area is 89.3 Å². The standard InChI is InChI=1S/C12H14N3/c1-2-7-14-12-9-5-3-4-6-11(9)15-8-10(12)13/h3-6,8H,1-2,7,13H2,(H,14,15). The molecule has 3 nitrogen and oxygen atoms in total. The molecular formula is C12H14N3. The highest BCUT2D eigenvalue weighted by Gasteiger charge is 2.04. The van der Waals surface area contributed by atoms with Gasteiger partial charge in [-0.15, -0.1) is 0 Å². The van der Waals surface area contributed by atoms with E-state index in [-0.39, 0.29) is 0 Å². The van der Waals surface area contributed by atoms with E-state index in [4.69, 9.17) is 5.73 Å². The Hall–Kier alpha value is -1.77. The average molecular weight is 200 g/mol. The number of nitrogens with zero attached hydrogens (tertiary/aromatic N) is 1. The van der Waals surface area contributed by atoms with E-state index in [1.807, 2.05) is 24.3 Å². The number of nitrogens with two attached hydrogens (primary N) is 1. The Balaban J connectivity index is 2.53. The lowest BCUT2D eigenvalue weighted by Gasteiger charge is -2.10. The van der Waals surface area contributed by atoms with Gasteiger partial charge in [0.25, 0.3) is 0 Å². The van der Waals surface area contributed by atoms with Gasteiger partial charge in [-0.3, -0.25) is 4.98 Å². The molecule has 0 atom stereocenters. The quantitative estimate of drug-likeness (QED) is 0.800. The monoisotopic (exact) mass is 200 g/mol. The van der Waals surface area contributed by atoms with Crippen LogP contribution in [0.3, 0.4) is 0 Å². The smallest absolute Gasteiger partial charge is 0.0743 e. The Morgan fingerprint density at radius 1 is 1.33 bits per heavy atom. The van der Waals surface area contributed by atoms with Crippen LogP contribution in [0.15, 0.2) is 30.5 Å². The zero-order chi connectivity index (χ0) is 10.7. The molecule has 0 aliphatic carbocycles. The Morgan fingerprint density at radius 3 is 2.93 bits per heavy atom. The van der Waals surface area contributed by atoms with Gasteiger partial charge >= 0.3 is 0 Å². The van der Waals surface area contributed by atoms with Crippen LogP contribution < -0.4 is 11.1 Å². The lowest BCUT2D eigenvalue weighted by Crippen LogP contribution is -2.04. The maximum Gasteiger partial charge on any atom is 0.0743 e. The summed E-state index contributed by atoms with van der Waals surface area (Å²) in [7, 11) is 0. The molecule has 1 radical (unpaired) electrons. The number of aromatic nitrogens is 1. The predicted octanol–water partition coefficient (Wildman–Crippen LogP) is 2.45. The van der Waals surface area contributed by atoms with Gasteiger partial charge in [-0.25, -0.2) is 0 Å². The van der Waals surface area contributed by atoms with Crippen LogP contribution in [0.1, 0.15) is 6.42 Å². The van der Waals surface area contributed by atoms with Crippen molar-refractivity contribution in [2.75, 3.05) is 17.6 Å². The van der Waals surface area contributed by atoms with E-state index in [1.165, 1.54) is 0 Å². The van der Waals surface area contributed by atoms with Crippen LogP contribution in [0.5, 0.6) is 0 Å². The number of pyridine rings is 1. The fourth-order valence-corrected chi connectivity index (χ4v) is 1.57. The molecule has 1 heterocycles. The molecular weight excluding hydrogens is 186 g/mol. The maximum absolute atomic E-state index is 5.88. The number of hydrogen-bond donors (Lipinski definition) is 2. The molecule has 0 fully saturated rings. The molecule has 0 unspecified atom stereocenters. The first kappa shape index (κ1) is 9.77. The third-order valence-corrected chi connectivity index (χ3v) is 2.28. The molecule has 77 valence electrons. The van der Waals surface area contributed by atoms with Gasteiger partial charge in [0, 0.05) is 11.9 Å². The number of para-hydroxylation sites is 1. The molecule has 3 heteroatoms. The second-order valence-corrected chi connectivity index (χ2v) is 3.39. The van der Waals surface area contributed by atoms with E-state index in [0.717, 1.165) is 29.6 Å². The second kappa shape index (κ2) is 4.17. The molecule has 1 aromatic heterocycles. The number of nitrogens with one attached hydrogen (secondary N) is 1. The van der Waals surface area contributed by atoms with Crippen molar-refractivity contribution >= 4 is 22.3 Å². The van der Waals surface area contributed by atoms with E-state index in [1.54, 1.807) is 6.20 Å². The maximum atomic E-state index is 5.88. The van der Waals surface area contributed by atoms with Gasteiger partial charge in [0.15, 0.2) is 0 Å². The van der Waals surface area contributed by atoms with Crippen LogP contribution in [0.4, 0.5) is 11.4 Å². The van der Waals surface area contributed by atoms with Crippen molar-refractivity contribution in [3.05, 3.63) is 37.4 Å². The third-order valence-electron chi connectivity index (χ3n) is 2.28. The summed E-state index contributed by atoms with van der Waals surface area (Å²) in [6.07, 6.45) is 2.52. The molecule has 0 aliphatic heterocycles. The minimum atomic E-state index is 0.683. The highest BCUT2D eigenvalue weighted by Crippen LogP contribution is 2.27. The summed E-state index contributed by atoms with van der Waals surface area (Å²) in [4.78, 5) is 4.27. The van der Waals surface area contributed by atoms with Gasteiger partial charge in [0.2, 0.25) is 0 Å². The zero-order valence-electron chi connectivity index (χ0n) is 8.53. The SMILES string of the molecule is [CH2]CCNc1c(N)cnc2ccccc12. The molecule has 1 aromatic carbocycles. The third kappa shape index (κ3) is 1.86. The van der Waals surface area contributed by atoms with Crippen LogP contribution in [0.2, 0.25) is 0 Å². The predicted molar refractivity (Wildman–Crippen MR) is 64.6 cm³/mol. The molecule has 0 amide bonds. The first-order valence-electron chi connectivity index (χ1n) is 4.99. The molecule has 3 N–H and O–H groups in total. The van der Waals surface area contributed by atoms with Crippen molar-refractivity contribution in [3.63, 3.8) is 0 Å². The summed E-state index contributed by atoms with van der Waals surface area (Å²) in [5.74, 6) is 0. The first-order chi connectivity index (χ1) is 7.33. The summed E-state index contributed by atoms with van der Waals surface area (Å²) >= 11 is 0. The summed E-state index contributed by atoms with van der Waals surface area (Å²) < 4.78 is 0. The van der Waals surface area contributed by atoms with E-state index < -0.39 is 0 Å². The fourth-order valence-electron chi connectivity index (χ4n) is 1.57. The lowest BCUT2D eigenvalue weighted by atomic mass is 10.1. The van der Waals surface area contributed by atoms with Crippen LogP contribution in [0, 0.1) is 6.92 Å². The summed E-state index contributed by atoms with van der Waals surface area (Å²) in [6, 6.07) is 7.95. The molecule has 2 aromatic rings. The minimum Gasteiger partial charge on any atom is -0.396 e. The lowest BCUT2D eigenvalue weighted by molar-refractivity contribution is 1.07. The molecule has 0 bridgehead atoms. The average Bonchev–Trinajstić information content (AvgIpc) is 2.28. The van der Waals surface area contributed by atoms with Crippen LogP contribution in [-0.2, 0) is 0 Å². The fraction of sp³-hybridized carbons (Fsp3) is 0.167. The summed E-state index contributed by atoms with van der Waals surface area (Å²) in [6.45, 7) is 4.61. The van der Waals surface area contributed by atoms with Gasteiger partial charge in [-0.05, 0) is 12.5 Å². The Morgan fingerprint density at radius 2 is 2.13 bits per heavy atom. The van der Waals surface area contributed by atoms with Crippen LogP contribution in [-0.4, -0.2) is 11.5 Å². The molecule has 0 saturated carbocycles. The summed E-state index contributed by atoms with van der Waals surface area (Å²) in [5, 5.41) is 4.34. The molecule has 2 rings (SSSR count). The van der Waals surface area contributed by atoms with Crippen molar-refractivity contribution in [1.82, 2.24) is 4.98 Å². The first-order valence-corrected chi connectivity index (χ1v) is 4.99. The number of hydrogen-bond acceptors (Lipinski definition) is 3. The highest BCUT2D eigenvalue weighted by atomic mass is 14.9. The van der Waals surface area contributed by atoms with Gasteiger partial charge in [-0.1, -0.05) is 25.1 Å². The minimum absolute atomic E-state index is 0.683. The van der Waals surface area contributed by atoms with E-state index in [2.05, 4.69) is 17.2 Å². The van der Waals surface area contributed by atoms with Crippen molar-refractivity contribution in [3.8, 4) is 0 Å². The van der Waals surface area contributed by atoms with Gasteiger partial charge in [0.05, 0.1) is 23.1 Å². The molecule has 15 heavy (non-hydrogen) atoms. The van der Waals surface area contributed by atoms with Gasteiger partial charge in [-0.2, -0.15) is 0 Å². The second-order valence-electron chi connectivity index (χ2n) is 3.39. The Kier molecular flexibility index (Phi) is 2.72. The van der Waals surface area contributed by atoms with E-state index in [0.29, 0.717) is 5.69 Å². The van der Waals surface area contributed by atoms with Crippen molar-refractivity contribution in [2.24, 2.45) is 0 Å². The normalized spacial score (nSPS) is 10.5.